The zero-order chi connectivity index (χ0) is 45.9. The summed E-state index contributed by atoms with van der Waals surface area (Å²) in [4.78, 5) is 2.42. The highest BCUT2D eigenvalue weighted by atomic mass is 15.1. The summed E-state index contributed by atoms with van der Waals surface area (Å²) in [5, 5.41) is 4.98. The Morgan fingerprint density at radius 1 is 0.188 bits per heavy atom. The molecule has 0 saturated heterocycles. The van der Waals surface area contributed by atoms with Gasteiger partial charge in [-0.1, -0.05) is 243 Å². The van der Waals surface area contributed by atoms with Crippen LogP contribution >= 0.6 is 0 Å². The Morgan fingerprint density at radius 2 is 0.623 bits per heavy atom. The van der Waals surface area contributed by atoms with Crippen LogP contribution in [0.3, 0.4) is 0 Å². The van der Waals surface area contributed by atoms with Crippen LogP contribution in [0.5, 0.6) is 0 Å². The fourth-order valence-electron chi connectivity index (χ4n) is 10.2. The van der Waals surface area contributed by atoms with E-state index in [0.29, 0.717) is 0 Å². The van der Waals surface area contributed by atoms with E-state index >= 15 is 0 Å². The van der Waals surface area contributed by atoms with Gasteiger partial charge in [0, 0.05) is 16.9 Å². The van der Waals surface area contributed by atoms with Crippen LogP contribution in [0.1, 0.15) is 0 Å². The first kappa shape index (κ1) is 41.4. The third-order valence-corrected chi connectivity index (χ3v) is 13.5. The van der Waals surface area contributed by atoms with Gasteiger partial charge in [-0.2, -0.15) is 0 Å². The normalized spacial score (nSPS) is 11.2. The molecule has 0 aliphatic rings. The lowest BCUT2D eigenvalue weighted by molar-refractivity contribution is 1.28. The summed E-state index contributed by atoms with van der Waals surface area (Å²) < 4.78 is 0. The van der Waals surface area contributed by atoms with Crippen LogP contribution in [0, 0.1) is 0 Å². The summed E-state index contributed by atoms with van der Waals surface area (Å²) in [6, 6.07) is 104. The summed E-state index contributed by atoms with van der Waals surface area (Å²) in [7, 11) is 0. The molecule has 0 aromatic heterocycles. The van der Waals surface area contributed by atoms with Gasteiger partial charge in [0.1, 0.15) is 0 Å². The Labute approximate surface area is 404 Å². The molecule has 12 rings (SSSR count). The van der Waals surface area contributed by atoms with Crippen LogP contribution < -0.4 is 4.90 Å². The maximum atomic E-state index is 2.42. The van der Waals surface area contributed by atoms with Gasteiger partial charge in [-0.3, -0.25) is 0 Å². The third-order valence-electron chi connectivity index (χ3n) is 13.5. The van der Waals surface area contributed by atoms with Crippen molar-refractivity contribution in [2.75, 3.05) is 4.90 Å². The van der Waals surface area contributed by atoms with E-state index in [4.69, 9.17) is 0 Å². The maximum Gasteiger partial charge on any atom is 0.0540 e. The van der Waals surface area contributed by atoms with E-state index in [1.165, 1.54) is 77.2 Å². The molecule has 324 valence electrons. The quantitative estimate of drug-likeness (QED) is 0.124. The maximum absolute atomic E-state index is 2.42. The van der Waals surface area contributed by atoms with Crippen molar-refractivity contribution in [2.45, 2.75) is 0 Å². The van der Waals surface area contributed by atoms with E-state index in [-0.39, 0.29) is 0 Å². The Bertz CT molecular complexity index is 3730. The molecule has 0 saturated carbocycles. The molecule has 0 amide bonds. The van der Waals surface area contributed by atoms with Gasteiger partial charge in [-0.15, -0.1) is 0 Å². The van der Waals surface area contributed by atoms with Crippen LogP contribution in [0.4, 0.5) is 17.1 Å². The van der Waals surface area contributed by atoms with Crippen molar-refractivity contribution in [3.63, 3.8) is 0 Å². The fourth-order valence-corrected chi connectivity index (χ4v) is 10.2. The highest BCUT2D eigenvalue weighted by Crippen LogP contribution is 2.47. The van der Waals surface area contributed by atoms with Gasteiger partial charge >= 0.3 is 0 Å². The number of rotatable bonds is 10. The average Bonchev–Trinajstić information content (AvgIpc) is 3.44. The van der Waals surface area contributed by atoms with Crippen molar-refractivity contribution in [3.05, 3.63) is 285 Å². The molecule has 1 heteroatoms. The molecule has 0 fully saturated rings. The minimum absolute atomic E-state index is 1.07. The highest BCUT2D eigenvalue weighted by molar-refractivity contribution is 6.22. The second-order valence-electron chi connectivity index (χ2n) is 17.6. The molecular formula is C68H47N. The van der Waals surface area contributed by atoms with E-state index in [2.05, 4.69) is 290 Å². The van der Waals surface area contributed by atoms with Gasteiger partial charge in [0.05, 0.1) is 5.69 Å². The Kier molecular flexibility index (Phi) is 11.0. The SMILES string of the molecule is c1ccc(-c2ccc(-c3ccc(N(c4cccc(-c5ccc6c(c5)c(-c5ccccc5)c(-c5ccccc5)c5ccccc56)c4)c4ccccc4-c4ccccc4)cc3)c(-c3ccccc3)c2)cc1. The fraction of sp³-hybridized carbons (Fsp3) is 0. The Balaban J connectivity index is 1.02. The summed E-state index contributed by atoms with van der Waals surface area (Å²) in [6.45, 7) is 0. The molecule has 0 radical (unpaired) electrons. The lowest BCUT2D eigenvalue weighted by Gasteiger charge is -2.28. The Morgan fingerprint density at radius 3 is 1.28 bits per heavy atom. The monoisotopic (exact) mass is 877 g/mol. The molecule has 1 nitrogen and oxygen atoms in total. The van der Waals surface area contributed by atoms with Crippen molar-refractivity contribution < 1.29 is 0 Å². The molecule has 0 atom stereocenters. The zero-order valence-electron chi connectivity index (χ0n) is 38.1. The number of anilines is 3. The summed E-state index contributed by atoms with van der Waals surface area (Å²) in [5.74, 6) is 0. The summed E-state index contributed by atoms with van der Waals surface area (Å²) >= 11 is 0. The molecule has 0 spiro atoms. The van der Waals surface area contributed by atoms with Crippen molar-refractivity contribution >= 4 is 38.6 Å². The van der Waals surface area contributed by atoms with E-state index < -0.39 is 0 Å². The van der Waals surface area contributed by atoms with E-state index in [1.807, 2.05) is 0 Å². The molecule has 12 aromatic carbocycles. The number of nitrogens with zero attached hydrogens (tertiary/aromatic N) is 1. The van der Waals surface area contributed by atoms with Crippen LogP contribution in [-0.4, -0.2) is 0 Å². The Hall–Kier alpha value is -9.04. The average molecular weight is 878 g/mol. The predicted molar refractivity (Wildman–Crippen MR) is 294 cm³/mol. The first-order valence-electron chi connectivity index (χ1n) is 23.7. The number of para-hydroxylation sites is 1. The molecule has 0 aliphatic carbocycles. The number of hydrogen-bond acceptors (Lipinski definition) is 1. The molecule has 0 unspecified atom stereocenters. The molecule has 12 aromatic rings. The first-order chi connectivity index (χ1) is 34.2. The van der Waals surface area contributed by atoms with Crippen LogP contribution in [0.25, 0.3) is 99.4 Å². The predicted octanol–water partition coefficient (Wildman–Crippen LogP) is 19.1. The van der Waals surface area contributed by atoms with E-state index in [9.17, 15) is 0 Å². The minimum atomic E-state index is 1.07. The number of hydrogen-bond donors (Lipinski definition) is 0. The lowest BCUT2D eigenvalue weighted by Crippen LogP contribution is -2.11. The largest absolute Gasteiger partial charge is 0.310 e. The molecular weight excluding hydrogens is 831 g/mol. The van der Waals surface area contributed by atoms with Crippen LogP contribution in [0.2, 0.25) is 0 Å². The van der Waals surface area contributed by atoms with Gasteiger partial charge in [0.25, 0.3) is 0 Å². The third kappa shape index (κ3) is 7.97. The standard InChI is InChI=1S/C68H47N/c1-6-21-48(22-7-1)55-39-43-59(64(46-55)50-25-10-3-11-26-50)51-37-41-57(42-38-51)69(66-36-19-18-33-60(66)49-23-8-2-9-24-49)58-32-20-31-54(45-58)56-40-44-62-61-34-16-17-35-63(61)67(52-27-12-4-13-28-52)68(65(62)47-56)53-29-14-5-15-30-53/h1-47H. The molecule has 0 heterocycles. The van der Waals surface area contributed by atoms with Crippen LogP contribution in [-0.2, 0) is 0 Å². The van der Waals surface area contributed by atoms with Crippen molar-refractivity contribution in [2.24, 2.45) is 0 Å². The summed E-state index contributed by atoms with van der Waals surface area (Å²) in [6.07, 6.45) is 0. The molecule has 0 bridgehead atoms. The smallest absolute Gasteiger partial charge is 0.0540 e. The van der Waals surface area contributed by atoms with Gasteiger partial charge in [0.15, 0.2) is 0 Å². The summed E-state index contributed by atoms with van der Waals surface area (Å²) in [5.41, 5.74) is 20.0. The second kappa shape index (κ2) is 18.3. The van der Waals surface area contributed by atoms with Crippen molar-refractivity contribution in [3.8, 4) is 77.9 Å². The number of benzene rings is 12. The molecule has 0 N–H and O–H groups in total. The first-order valence-corrected chi connectivity index (χ1v) is 23.7. The lowest BCUT2D eigenvalue weighted by atomic mass is 9.84. The molecule has 0 aliphatic heterocycles. The van der Waals surface area contributed by atoms with Crippen molar-refractivity contribution in [1.82, 2.24) is 0 Å². The minimum Gasteiger partial charge on any atom is -0.310 e. The zero-order valence-corrected chi connectivity index (χ0v) is 38.1. The van der Waals surface area contributed by atoms with Gasteiger partial charge in [-0.05, 0) is 136 Å². The van der Waals surface area contributed by atoms with Gasteiger partial charge in [-0.25, -0.2) is 0 Å². The van der Waals surface area contributed by atoms with E-state index in [0.717, 1.165) is 39.3 Å². The second-order valence-corrected chi connectivity index (χ2v) is 17.6. The van der Waals surface area contributed by atoms with Gasteiger partial charge in [0.2, 0.25) is 0 Å². The van der Waals surface area contributed by atoms with Crippen LogP contribution in [0.15, 0.2) is 285 Å². The highest BCUT2D eigenvalue weighted by Gasteiger charge is 2.21. The van der Waals surface area contributed by atoms with Gasteiger partial charge < -0.3 is 4.90 Å². The topological polar surface area (TPSA) is 3.24 Å². The number of fused-ring (bicyclic) bond motifs is 3. The van der Waals surface area contributed by atoms with E-state index in [1.54, 1.807) is 0 Å². The van der Waals surface area contributed by atoms with Crippen molar-refractivity contribution in [1.29, 1.82) is 0 Å². The molecule has 69 heavy (non-hydrogen) atoms.